The Bertz CT molecular complexity index is 801. The fraction of sp³-hybridized carbons (Fsp3) is 0.316. The first-order valence-electron chi connectivity index (χ1n) is 8.31. The van der Waals surface area contributed by atoms with Gasteiger partial charge < -0.3 is 15.2 Å². The van der Waals surface area contributed by atoms with Gasteiger partial charge in [0.25, 0.3) is 5.91 Å². The van der Waals surface area contributed by atoms with Crippen LogP contribution in [0.4, 0.5) is 4.39 Å². The van der Waals surface area contributed by atoms with Gasteiger partial charge in [-0.05, 0) is 42.7 Å². The van der Waals surface area contributed by atoms with Gasteiger partial charge in [0.1, 0.15) is 11.5 Å². The number of halogens is 1. The van der Waals surface area contributed by atoms with E-state index in [2.05, 4.69) is 10.3 Å². The Morgan fingerprint density at radius 2 is 1.88 bits per heavy atom. The first kappa shape index (κ1) is 18.0. The number of aromatic carboxylic acids is 1. The van der Waals surface area contributed by atoms with Gasteiger partial charge in [0.15, 0.2) is 0 Å². The number of carbonyl (C=O) groups is 2. The molecule has 26 heavy (non-hydrogen) atoms. The van der Waals surface area contributed by atoms with Crippen LogP contribution in [0.3, 0.4) is 0 Å². The Morgan fingerprint density at radius 3 is 2.54 bits per heavy atom. The summed E-state index contributed by atoms with van der Waals surface area (Å²) in [5.41, 5.74) is 0.636. The Kier molecular flexibility index (Phi) is 5.27. The number of ether oxygens (including phenoxy) is 1. The van der Waals surface area contributed by atoms with E-state index in [9.17, 15) is 14.0 Å². The van der Waals surface area contributed by atoms with Gasteiger partial charge in [0.2, 0.25) is 0 Å². The number of hydrogen-bond donors (Lipinski definition) is 2. The molecule has 0 spiro atoms. The van der Waals surface area contributed by atoms with Crippen molar-refractivity contribution in [2.75, 3.05) is 19.8 Å². The number of aromatic nitrogens is 1. The van der Waals surface area contributed by atoms with Gasteiger partial charge in [-0.15, -0.1) is 0 Å². The quantitative estimate of drug-likeness (QED) is 0.857. The average molecular weight is 358 g/mol. The summed E-state index contributed by atoms with van der Waals surface area (Å²) in [5, 5.41) is 11.9. The molecule has 1 saturated heterocycles. The lowest BCUT2D eigenvalue weighted by Crippen LogP contribution is -2.44. The standard InChI is InChI=1S/C19H19FN2O4/c20-15-3-1-14(2-4-15)19(6-9-26-10-7-19)12-22-17(23)16-11-13(18(24)25)5-8-21-16/h1-5,8,11H,6-7,9-10,12H2,(H,22,23)(H,24,25). The second kappa shape index (κ2) is 7.61. The SMILES string of the molecule is O=C(O)c1ccnc(C(=O)NCC2(c3ccc(F)cc3)CCOCC2)c1. The normalized spacial score (nSPS) is 16.0. The van der Waals surface area contributed by atoms with Crippen LogP contribution in [0.1, 0.15) is 39.3 Å². The first-order chi connectivity index (χ1) is 12.5. The maximum absolute atomic E-state index is 13.3. The average Bonchev–Trinajstić information content (AvgIpc) is 2.67. The van der Waals surface area contributed by atoms with Crippen LogP contribution in [0.15, 0.2) is 42.6 Å². The van der Waals surface area contributed by atoms with Crippen LogP contribution in [-0.2, 0) is 10.2 Å². The smallest absolute Gasteiger partial charge is 0.335 e. The van der Waals surface area contributed by atoms with Crippen LogP contribution in [0.5, 0.6) is 0 Å². The van der Waals surface area contributed by atoms with E-state index in [-0.39, 0.29) is 22.5 Å². The lowest BCUT2D eigenvalue weighted by atomic mass is 9.74. The topological polar surface area (TPSA) is 88.5 Å². The zero-order valence-corrected chi connectivity index (χ0v) is 14.1. The van der Waals surface area contributed by atoms with E-state index >= 15 is 0 Å². The van der Waals surface area contributed by atoms with Crippen molar-refractivity contribution in [3.8, 4) is 0 Å². The molecule has 1 aliphatic rings. The van der Waals surface area contributed by atoms with Gasteiger partial charge in [0, 0.05) is 31.4 Å². The minimum atomic E-state index is -1.12. The number of amides is 1. The zero-order chi connectivity index (χ0) is 18.6. The third kappa shape index (κ3) is 3.88. The molecule has 136 valence electrons. The molecule has 6 nitrogen and oxygen atoms in total. The molecule has 2 heterocycles. The lowest BCUT2D eigenvalue weighted by Gasteiger charge is -2.38. The third-order valence-electron chi connectivity index (χ3n) is 4.73. The van der Waals surface area contributed by atoms with Crippen molar-refractivity contribution in [3.05, 3.63) is 65.2 Å². The maximum Gasteiger partial charge on any atom is 0.335 e. The van der Waals surface area contributed by atoms with Gasteiger partial charge in [0.05, 0.1) is 5.56 Å². The lowest BCUT2D eigenvalue weighted by molar-refractivity contribution is 0.0486. The predicted octanol–water partition coefficient (Wildman–Crippen LogP) is 2.40. The van der Waals surface area contributed by atoms with Crippen molar-refractivity contribution >= 4 is 11.9 Å². The second-order valence-corrected chi connectivity index (χ2v) is 6.32. The van der Waals surface area contributed by atoms with E-state index < -0.39 is 11.9 Å². The summed E-state index contributed by atoms with van der Waals surface area (Å²) in [6, 6.07) is 8.86. The van der Waals surface area contributed by atoms with E-state index in [1.165, 1.54) is 30.5 Å². The molecule has 1 aromatic heterocycles. The molecule has 1 aliphatic heterocycles. The monoisotopic (exact) mass is 358 g/mol. The highest BCUT2D eigenvalue weighted by Crippen LogP contribution is 2.34. The Morgan fingerprint density at radius 1 is 1.19 bits per heavy atom. The van der Waals surface area contributed by atoms with Crippen LogP contribution in [0.2, 0.25) is 0 Å². The van der Waals surface area contributed by atoms with Crippen LogP contribution >= 0.6 is 0 Å². The molecule has 0 radical (unpaired) electrons. The molecule has 2 aromatic rings. The third-order valence-corrected chi connectivity index (χ3v) is 4.73. The van der Waals surface area contributed by atoms with Crippen molar-refractivity contribution < 1.29 is 23.8 Å². The van der Waals surface area contributed by atoms with Crippen LogP contribution in [0, 0.1) is 5.82 Å². The summed E-state index contributed by atoms with van der Waals surface area (Å²) in [6.45, 7) is 1.44. The molecule has 1 fully saturated rings. The van der Waals surface area contributed by atoms with E-state index in [1.54, 1.807) is 12.1 Å². The molecular weight excluding hydrogens is 339 g/mol. The van der Waals surface area contributed by atoms with Crippen molar-refractivity contribution in [2.24, 2.45) is 0 Å². The molecule has 0 unspecified atom stereocenters. The Labute approximate surface area is 150 Å². The number of carbonyl (C=O) groups excluding carboxylic acids is 1. The maximum atomic E-state index is 13.3. The molecule has 1 aromatic carbocycles. The van der Waals surface area contributed by atoms with Crippen LogP contribution < -0.4 is 5.32 Å². The van der Waals surface area contributed by atoms with Crippen molar-refractivity contribution in [1.29, 1.82) is 0 Å². The molecule has 1 amide bonds. The first-order valence-corrected chi connectivity index (χ1v) is 8.31. The van der Waals surface area contributed by atoms with E-state index in [4.69, 9.17) is 9.84 Å². The molecular formula is C19H19FN2O4. The zero-order valence-electron chi connectivity index (χ0n) is 14.1. The highest BCUT2D eigenvalue weighted by molar-refractivity contribution is 5.95. The molecule has 0 aliphatic carbocycles. The fourth-order valence-corrected chi connectivity index (χ4v) is 3.16. The number of nitrogens with zero attached hydrogens (tertiary/aromatic N) is 1. The van der Waals surface area contributed by atoms with Crippen LogP contribution in [0.25, 0.3) is 0 Å². The number of rotatable bonds is 5. The van der Waals surface area contributed by atoms with E-state index in [0.29, 0.717) is 32.6 Å². The summed E-state index contributed by atoms with van der Waals surface area (Å²) in [5.74, 6) is -1.87. The minimum absolute atomic E-state index is 0.00413. The predicted molar refractivity (Wildman–Crippen MR) is 91.7 cm³/mol. The van der Waals surface area contributed by atoms with Gasteiger partial charge in [-0.1, -0.05) is 12.1 Å². The van der Waals surface area contributed by atoms with Crippen molar-refractivity contribution in [1.82, 2.24) is 10.3 Å². The van der Waals surface area contributed by atoms with E-state index in [1.807, 2.05) is 0 Å². The molecule has 0 saturated carbocycles. The largest absolute Gasteiger partial charge is 0.478 e. The summed E-state index contributed by atoms with van der Waals surface area (Å²) in [7, 11) is 0. The minimum Gasteiger partial charge on any atom is -0.478 e. The number of nitrogens with one attached hydrogen (secondary N) is 1. The van der Waals surface area contributed by atoms with Gasteiger partial charge in [-0.25, -0.2) is 9.18 Å². The molecule has 7 heteroatoms. The molecule has 3 rings (SSSR count). The van der Waals surface area contributed by atoms with E-state index in [0.717, 1.165) is 5.56 Å². The second-order valence-electron chi connectivity index (χ2n) is 6.32. The summed E-state index contributed by atoms with van der Waals surface area (Å²) in [4.78, 5) is 27.4. The van der Waals surface area contributed by atoms with Crippen molar-refractivity contribution in [2.45, 2.75) is 18.3 Å². The van der Waals surface area contributed by atoms with Gasteiger partial charge in [-0.3, -0.25) is 9.78 Å². The summed E-state index contributed by atoms with van der Waals surface area (Å²) in [6.07, 6.45) is 2.69. The molecule has 2 N–H and O–H groups in total. The number of carboxylic acid groups (broad SMARTS) is 1. The number of hydrogen-bond acceptors (Lipinski definition) is 4. The number of carboxylic acids is 1. The Balaban J connectivity index is 1.78. The highest BCUT2D eigenvalue weighted by Gasteiger charge is 2.35. The Hall–Kier alpha value is -2.80. The summed E-state index contributed by atoms with van der Waals surface area (Å²) >= 11 is 0. The fourth-order valence-electron chi connectivity index (χ4n) is 3.16. The number of benzene rings is 1. The summed E-state index contributed by atoms with van der Waals surface area (Å²) < 4.78 is 18.7. The molecule has 0 bridgehead atoms. The highest BCUT2D eigenvalue weighted by atomic mass is 19.1. The van der Waals surface area contributed by atoms with Gasteiger partial charge >= 0.3 is 5.97 Å². The van der Waals surface area contributed by atoms with Crippen molar-refractivity contribution in [3.63, 3.8) is 0 Å². The molecule has 0 atom stereocenters. The van der Waals surface area contributed by atoms with Crippen LogP contribution in [-0.4, -0.2) is 41.7 Å². The number of pyridine rings is 1. The van der Waals surface area contributed by atoms with Gasteiger partial charge in [-0.2, -0.15) is 0 Å².